The Morgan fingerprint density at radius 2 is 2.38 bits per heavy atom. The van der Waals surface area contributed by atoms with Crippen molar-refractivity contribution < 1.29 is 0 Å². The monoisotopic (exact) mass is 213 g/mol. The van der Waals surface area contributed by atoms with Crippen LogP contribution in [0.15, 0.2) is 6.07 Å². The molecule has 1 aliphatic rings. The molecule has 1 aromatic rings. The summed E-state index contributed by atoms with van der Waals surface area (Å²) < 4.78 is 0. The highest BCUT2D eigenvalue weighted by molar-refractivity contribution is 7.98. The lowest BCUT2D eigenvalue weighted by Gasteiger charge is -2.08. The molecule has 0 saturated carbocycles. The van der Waals surface area contributed by atoms with Crippen LogP contribution in [-0.4, -0.2) is 12.8 Å². The van der Waals surface area contributed by atoms with Gasteiger partial charge in [-0.2, -0.15) is 11.8 Å². The first kappa shape index (κ1) is 9.56. The topological polar surface area (TPSA) is 12.0 Å². The van der Waals surface area contributed by atoms with Crippen LogP contribution in [0.2, 0.25) is 0 Å². The number of rotatable bonds is 2. The van der Waals surface area contributed by atoms with E-state index in [0.29, 0.717) is 6.04 Å². The van der Waals surface area contributed by atoms with Gasteiger partial charge < -0.3 is 5.32 Å². The Bertz CT molecular complexity index is 270. The predicted octanol–water partition coefficient (Wildman–Crippen LogP) is 2.82. The Morgan fingerprint density at radius 1 is 1.54 bits per heavy atom. The van der Waals surface area contributed by atoms with Crippen molar-refractivity contribution in [2.45, 2.75) is 25.1 Å². The van der Waals surface area contributed by atoms with Crippen LogP contribution in [0.4, 0.5) is 0 Å². The highest BCUT2D eigenvalue weighted by Gasteiger charge is 2.15. The molecule has 2 heterocycles. The molecule has 2 rings (SSSR count). The molecular weight excluding hydrogens is 198 g/mol. The first-order chi connectivity index (χ1) is 6.31. The Balaban J connectivity index is 2.25. The van der Waals surface area contributed by atoms with Crippen molar-refractivity contribution in [3.05, 3.63) is 21.4 Å². The van der Waals surface area contributed by atoms with Crippen molar-refractivity contribution in [1.82, 2.24) is 5.32 Å². The molecule has 1 unspecified atom stereocenters. The van der Waals surface area contributed by atoms with Gasteiger partial charge in [0.1, 0.15) is 0 Å². The summed E-state index contributed by atoms with van der Waals surface area (Å²) >= 11 is 4.05. The third-order valence-electron chi connectivity index (χ3n) is 2.51. The number of hydrogen-bond acceptors (Lipinski definition) is 3. The smallest absolute Gasteiger partial charge is 0.0383 e. The summed E-state index contributed by atoms with van der Waals surface area (Å²) in [5, 5.41) is 3.29. The summed E-state index contributed by atoms with van der Waals surface area (Å²) in [7, 11) is 2.03. The van der Waals surface area contributed by atoms with Crippen LogP contribution >= 0.6 is 23.1 Å². The molecule has 0 aliphatic carbocycles. The van der Waals surface area contributed by atoms with Crippen molar-refractivity contribution in [1.29, 1.82) is 0 Å². The number of thioether (sulfide) groups is 1. The molecular formula is C10H15NS2. The Labute approximate surface area is 87.9 Å². The maximum Gasteiger partial charge on any atom is 0.0383 e. The molecule has 0 radical (unpaired) electrons. The average molecular weight is 213 g/mol. The summed E-state index contributed by atoms with van der Waals surface area (Å²) in [6.45, 7) is 2.23. The second-order valence-corrected chi connectivity index (χ2v) is 5.68. The van der Waals surface area contributed by atoms with Gasteiger partial charge in [-0.15, -0.1) is 11.3 Å². The summed E-state index contributed by atoms with van der Waals surface area (Å²) in [6.07, 6.45) is 1.28. The maximum absolute atomic E-state index is 3.29. The molecule has 1 aliphatic heterocycles. The van der Waals surface area contributed by atoms with E-state index in [9.17, 15) is 0 Å². The molecule has 1 nitrogen and oxygen atoms in total. The van der Waals surface area contributed by atoms with E-state index in [2.05, 4.69) is 30.1 Å². The first-order valence-electron chi connectivity index (χ1n) is 4.67. The highest BCUT2D eigenvalue weighted by atomic mass is 32.2. The number of thiophene rings is 1. The Kier molecular flexibility index (Phi) is 2.96. The molecule has 0 saturated heterocycles. The van der Waals surface area contributed by atoms with Crippen LogP contribution in [-0.2, 0) is 12.2 Å². The lowest BCUT2D eigenvalue weighted by atomic mass is 10.2. The van der Waals surface area contributed by atoms with Gasteiger partial charge in [0.05, 0.1) is 0 Å². The quantitative estimate of drug-likeness (QED) is 0.811. The van der Waals surface area contributed by atoms with E-state index >= 15 is 0 Å². The number of aryl methyl sites for hydroxylation is 1. The minimum absolute atomic E-state index is 0.514. The molecule has 0 aromatic carbocycles. The van der Waals surface area contributed by atoms with E-state index in [0.717, 1.165) is 0 Å². The van der Waals surface area contributed by atoms with Gasteiger partial charge in [-0.25, -0.2) is 0 Å². The van der Waals surface area contributed by atoms with E-state index in [1.165, 1.54) is 22.8 Å². The van der Waals surface area contributed by atoms with Crippen LogP contribution in [0.3, 0.4) is 0 Å². The van der Waals surface area contributed by atoms with Crippen LogP contribution in [0.5, 0.6) is 0 Å². The van der Waals surface area contributed by atoms with Crippen molar-refractivity contribution in [3.8, 4) is 0 Å². The van der Waals surface area contributed by atoms with E-state index in [1.54, 1.807) is 10.4 Å². The summed E-state index contributed by atoms with van der Waals surface area (Å²) in [5.41, 5.74) is 1.58. The van der Waals surface area contributed by atoms with Crippen molar-refractivity contribution in [2.75, 3.05) is 12.8 Å². The van der Waals surface area contributed by atoms with Crippen molar-refractivity contribution >= 4 is 23.1 Å². The summed E-state index contributed by atoms with van der Waals surface area (Å²) in [5.74, 6) is 2.53. The minimum Gasteiger partial charge on any atom is -0.313 e. The van der Waals surface area contributed by atoms with E-state index < -0.39 is 0 Å². The predicted molar refractivity (Wildman–Crippen MR) is 61.7 cm³/mol. The molecule has 1 N–H and O–H groups in total. The fourth-order valence-electron chi connectivity index (χ4n) is 1.53. The van der Waals surface area contributed by atoms with Gasteiger partial charge in [0.25, 0.3) is 0 Å². The van der Waals surface area contributed by atoms with Gasteiger partial charge in [-0.1, -0.05) is 0 Å². The van der Waals surface area contributed by atoms with Crippen LogP contribution in [0.1, 0.15) is 28.3 Å². The van der Waals surface area contributed by atoms with E-state index in [-0.39, 0.29) is 0 Å². The summed E-state index contributed by atoms with van der Waals surface area (Å²) in [4.78, 5) is 3.12. The molecule has 0 bridgehead atoms. The molecule has 0 fully saturated rings. The van der Waals surface area contributed by atoms with Crippen LogP contribution in [0, 0.1) is 0 Å². The van der Waals surface area contributed by atoms with Gasteiger partial charge >= 0.3 is 0 Å². The molecule has 1 atom stereocenters. The highest BCUT2D eigenvalue weighted by Crippen LogP contribution is 2.34. The zero-order valence-electron chi connectivity index (χ0n) is 8.09. The lowest BCUT2D eigenvalue weighted by molar-refractivity contribution is 0.664. The van der Waals surface area contributed by atoms with Crippen LogP contribution in [0.25, 0.3) is 0 Å². The zero-order chi connectivity index (χ0) is 9.26. The Morgan fingerprint density at radius 3 is 3.08 bits per heavy atom. The second kappa shape index (κ2) is 4.03. The number of nitrogens with one attached hydrogen (secondary N) is 1. The molecule has 1 aromatic heterocycles. The molecule has 0 spiro atoms. The van der Waals surface area contributed by atoms with Crippen molar-refractivity contribution in [3.63, 3.8) is 0 Å². The third-order valence-corrected chi connectivity index (χ3v) is 4.93. The maximum atomic E-state index is 3.29. The fourth-order valence-corrected chi connectivity index (χ4v) is 3.96. The van der Waals surface area contributed by atoms with Crippen molar-refractivity contribution in [2.24, 2.45) is 0 Å². The molecule has 0 amide bonds. The standard InChI is InChI=1S/C10H15NS2/c1-7(11-2)10-5-8-6-12-4-3-9(8)13-10/h5,7,11H,3-4,6H2,1-2H3. The van der Waals surface area contributed by atoms with E-state index in [1.807, 2.05) is 18.4 Å². The van der Waals surface area contributed by atoms with Gasteiger partial charge in [-0.05, 0) is 37.8 Å². The van der Waals surface area contributed by atoms with Gasteiger partial charge in [0.2, 0.25) is 0 Å². The molecule has 13 heavy (non-hydrogen) atoms. The third kappa shape index (κ3) is 1.92. The average Bonchev–Trinajstić information content (AvgIpc) is 2.59. The molecule has 72 valence electrons. The number of fused-ring (bicyclic) bond motifs is 1. The van der Waals surface area contributed by atoms with Gasteiger partial charge in [-0.3, -0.25) is 0 Å². The SMILES string of the molecule is CNC(C)c1cc2c(s1)CCSC2. The van der Waals surface area contributed by atoms with E-state index in [4.69, 9.17) is 0 Å². The van der Waals surface area contributed by atoms with Gasteiger partial charge in [0, 0.05) is 21.5 Å². The fraction of sp³-hybridized carbons (Fsp3) is 0.600. The Hall–Kier alpha value is 0.01000. The normalized spacial score (nSPS) is 18.3. The molecule has 3 heteroatoms. The first-order valence-corrected chi connectivity index (χ1v) is 6.65. The largest absolute Gasteiger partial charge is 0.313 e. The summed E-state index contributed by atoms with van der Waals surface area (Å²) in [6, 6.07) is 2.90. The lowest BCUT2D eigenvalue weighted by Crippen LogP contribution is -2.10. The zero-order valence-corrected chi connectivity index (χ0v) is 9.73. The van der Waals surface area contributed by atoms with Crippen LogP contribution < -0.4 is 5.32 Å². The number of hydrogen-bond donors (Lipinski definition) is 1. The minimum atomic E-state index is 0.514. The van der Waals surface area contributed by atoms with Gasteiger partial charge in [0.15, 0.2) is 0 Å². The second-order valence-electron chi connectivity index (χ2n) is 3.41.